The highest BCUT2D eigenvalue weighted by atomic mass is 15.1. The Morgan fingerprint density at radius 2 is 1.55 bits per heavy atom. The lowest BCUT2D eigenvalue weighted by Gasteiger charge is -2.28. The molecule has 2 heteroatoms. The number of likely N-dealkylation sites (tertiary alicyclic amines) is 1. The molecule has 1 atom stereocenters. The highest BCUT2D eigenvalue weighted by molar-refractivity contribution is 5.39. The molecular formula is C18H30N2. The largest absolute Gasteiger partial charge is 0.312 e. The van der Waals surface area contributed by atoms with E-state index in [4.69, 9.17) is 0 Å². The first-order chi connectivity index (χ1) is 9.61. The Balaban J connectivity index is 2.15. The van der Waals surface area contributed by atoms with Gasteiger partial charge in [-0.25, -0.2) is 0 Å². The van der Waals surface area contributed by atoms with Crippen LogP contribution < -0.4 is 5.32 Å². The van der Waals surface area contributed by atoms with E-state index in [1.807, 2.05) is 0 Å². The van der Waals surface area contributed by atoms with Crippen LogP contribution in [0.15, 0.2) is 12.1 Å². The monoisotopic (exact) mass is 274 g/mol. The van der Waals surface area contributed by atoms with E-state index < -0.39 is 0 Å². The van der Waals surface area contributed by atoms with Gasteiger partial charge in [0, 0.05) is 12.6 Å². The molecule has 0 spiro atoms. The number of rotatable bonds is 4. The summed E-state index contributed by atoms with van der Waals surface area (Å²) in [6.45, 7) is 10.4. The van der Waals surface area contributed by atoms with Crippen LogP contribution >= 0.6 is 0 Å². The van der Waals surface area contributed by atoms with Crippen molar-refractivity contribution in [3.8, 4) is 0 Å². The third-order valence-corrected chi connectivity index (χ3v) is 4.57. The van der Waals surface area contributed by atoms with Gasteiger partial charge in [-0.05, 0) is 70.4 Å². The van der Waals surface area contributed by atoms with Gasteiger partial charge < -0.3 is 10.2 Å². The second-order valence-electron chi connectivity index (χ2n) is 6.37. The van der Waals surface area contributed by atoms with Crippen LogP contribution in [-0.2, 0) is 0 Å². The number of likely N-dealkylation sites (N-methyl/N-ethyl adjacent to an activating group) is 1. The van der Waals surface area contributed by atoms with Crippen LogP contribution in [0.3, 0.4) is 0 Å². The van der Waals surface area contributed by atoms with Crippen molar-refractivity contribution in [1.82, 2.24) is 10.2 Å². The lowest BCUT2D eigenvalue weighted by molar-refractivity contribution is 0.255. The number of nitrogens with zero attached hydrogens (tertiary/aromatic N) is 1. The minimum absolute atomic E-state index is 0.452. The van der Waals surface area contributed by atoms with Gasteiger partial charge in [-0.2, -0.15) is 0 Å². The summed E-state index contributed by atoms with van der Waals surface area (Å²) in [6, 6.07) is 5.08. The molecule has 1 fully saturated rings. The molecule has 1 aliphatic heterocycles. The van der Waals surface area contributed by atoms with Gasteiger partial charge in [0.05, 0.1) is 0 Å². The quantitative estimate of drug-likeness (QED) is 0.899. The number of hydrogen-bond acceptors (Lipinski definition) is 2. The molecule has 1 aromatic carbocycles. The zero-order valence-corrected chi connectivity index (χ0v) is 13.6. The molecule has 1 aromatic rings. The average Bonchev–Trinajstić information content (AvgIpc) is 2.65. The van der Waals surface area contributed by atoms with E-state index >= 15 is 0 Å². The first-order valence-electron chi connectivity index (χ1n) is 8.09. The summed E-state index contributed by atoms with van der Waals surface area (Å²) in [5.74, 6) is 0. The van der Waals surface area contributed by atoms with Gasteiger partial charge in [-0.15, -0.1) is 0 Å². The van der Waals surface area contributed by atoms with Crippen LogP contribution in [0.2, 0.25) is 0 Å². The van der Waals surface area contributed by atoms with Crippen LogP contribution in [-0.4, -0.2) is 31.6 Å². The Morgan fingerprint density at radius 3 is 2.05 bits per heavy atom. The molecule has 0 bridgehead atoms. The summed E-state index contributed by atoms with van der Waals surface area (Å²) >= 11 is 0. The molecule has 1 saturated heterocycles. The van der Waals surface area contributed by atoms with Crippen molar-refractivity contribution in [3.63, 3.8) is 0 Å². The molecule has 2 nitrogen and oxygen atoms in total. The summed E-state index contributed by atoms with van der Waals surface area (Å²) in [5.41, 5.74) is 5.73. The summed E-state index contributed by atoms with van der Waals surface area (Å²) in [4.78, 5) is 2.65. The normalized spacial score (nSPS) is 18.8. The topological polar surface area (TPSA) is 15.3 Å². The predicted octanol–water partition coefficient (Wildman–Crippen LogP) is 3.75. The molecule has 2 rings (SSSR count). The third-order valence-electron chi connectivity index (χ3n) is 4.57. The number of aryl methyl sites for hydroxylation is 3. The van der Waals surface area contributed by atoms with E-state index in [0.717, 1.165) is 6.54 Å². The van der Waals surface area contributed by atoms with Crippen molar-refractivity contribution in [1.29, 1.82) is 0 Å². The van der Waals surface area contributed by atoms with E-state index in [0.29, 0.717) is 6.04 Å². The number of benzene rings is 1. The number of hydrogen-bond donors (Lipinski definition) is 1. The molecule has 1 aliphatic rings. The van der Waals surface area contributed by atoms with Gasteiger partial charge >= 0.3 is 0 Å². The standard InChI is InChI=1S/C18H30N2/c1-14-11-15(2)18(16(3)12-14)17(19-4)13-20-9-7-5-6-8-10-20/h11-12,17,19H,5-10,13H2,1-4H3. The van der Waals surface area contributed by atoms with Gasteiger partial charge in [0.1, 0.15) is 0 Å². The molecule has 0 saturated carbocycles. The molecule has 0 radical (unpaired) electrons. The van der Waals surface area contributed by atoms with Crippen LogP contribution in [0.5, 0.6) is 0 Å². The summed E-state index contributed by atoms with van der Waals surface area (Å²) in [7, 11) is 2.10. The fraction of sp³-hybridized carbons (Fsp3) is 0.667. The lowest BCUT2D eigenvalue weighted by Crippen LogP contribution is -2.35. The molecule has 1 heterocycles. The maximum Gasteiger partial charge on any atom is 0.0452 e. The van der Waals surface area contributed by atoms with E-state index in [1.54, 1.807) is 0 Å². The van der Waals surface area contributed by atoms with Crippen molar-refractivity contribution < 1.29 is 0 Å². The summed E-state index contributed by atoms with van der Waals surface area (Å²) < 4.78 is 0. The van der Waals surface area contributed by atoms with Crippen molar-refractivity contribution in [2.45, 2.75) is 52.5 Å². The van der Waals surface area contributed by atoms with Crippen molar-refractivity contribution >= 4 is 0 Å². The van der Waals surface area contributed by atoms with Crippen LogP contribution in [0.4, 0.5) is 0 Å². The smallest absolute Gasteiger partial charge is 0.0452 e. The molecular weight excluding hydrogens is 244 g/mol. The molecule has 20 heavy (non-hydrogen) atoms. The van der Waals surface area contributed by atoms with Crippen molar-refractivity contribution in [3.05, 3.63) is 34.4 Å². The van der Waals surface area contributed by atoms with Gasteiger partial charge in [-0.3, -0.25) is 0 Å². The first kappa shape index (κ1) is 15.5. The van der Waals surface area contributed by atoms with Gasteiger partial charge in [0.25, 0.3) is 0 Å². The van der Waals surface area contributed by atoms with Crippen LogP contribution in [0.1, 0.15) is 54.0 Å². The van der Waals surface area contributed by atoms with Gasteiger partial charge in [0.2, 0.25) is 0 Å². The van der Waals surface area contributed by atoms with Crippen molar-refractivity contribution in [2.75, 3.05) is 26.7 Å². The van der Waals surface area contributed by atoms with E-state index in [1.165, 1.54) is 61.0 Å². The highest BCUT2D eigenvalue weighted by Gasteiger charge is 2.19. The van der Waals surface area contributed by atoms with Crippen molar-refractivity contribution in [2.24, 2.45) is 0 Å². The second kappa shape index (κ2) is 7.24. The predicted molar refractivity (Wildman–Crippen MR) is 87.4 cm³/mol. The SMILES string of the molecule is CNC(CN1CCCCCC1)c1c(C)cc(C)cc1C. The van der Waals surface area contributed by atoms with E-state index in [9.17, 15) is 0 Å². The second-order valence-corrected chi connectivity index (χ2v) is 6.37. The molecule has 0 aromatic heterocycles. The number of nitrogens with one attached hydrogen (secondary N) is 1. The Kier molecular flexibility index (Phi) is 5.62. The Bertz CT molecular complexity index is 408. The van der Waals surface area contributed by atoms with Crippen LogP contribution in [0, 0.1) is 20.8 Å². The van der Waals surface area contributed by atoms with Crippen LogP contribution in [0.25, 0.3) is 0 Å². The summed E-state index contributed by atoms with van der Waals surface area (Å²) in [5, 5.41) is 3.55. The maximum absolute atomic E-state index is 3.55. The maximum atomic E-state index is 3.55. The van der Waals surface area contributed by atoms with Gasteiger partial charge in [0.15, 0.2) is 0 Å². The molecule has 0 aliphatic carbocycles. The fourth-order valence-electron chi connectivity index (χ4n) is 3.64. The van der Waals surface area contributed by atoms with E-state index in [-0.39, 0.29) is 0 Å². The molecule has 112 valence electrons. The fourth-order valence-corrected chi connectivity index (χ4v) is 3.64. The van der Waals surface area contributed by atoms with Gasteiger partial charge in [-0.1, -0.05) is 30.5 Å². The lowest BCUT2D eigenvalue weighted by atomic mass is 9.93. The summed E-state index contributed by atoms with van der Waals surface area (Å²) in [6.07, 6.45) is 5.54. The zero-order valence-electron chi connectivity index (χ0n) is 13.6. The first-order valence-corrected chi connectivity index (χ1v) is 8.09. The third kappa shape index (κ3) is 3.83. The minimum atomic E-state index is 0.452. The molecule has 0 amide bonds. The molecule has 1 N–H and O–H groups in total. The minimum Gasteiger partial charge on any atom is -0.312 e. The Hall–Kier alpha value is -0.860. The Morgan fingerprint density at radius 1 is 1.00 bits per heavy atom. The van der Waals surface area contributed by atoms with E-state index in [2.05, 4.69) is 50.2 Å². The zero-order chi connectivity index (χ0) is 14.5. The highest BCUT2D eigenvalue weighted by Crippen LogP contribution is 2.25. The molecule has 1 unspecified atom stereocenters. The average molecular weight is 274 g/mol. The Labute approximate surface area is 124 Å².